The highest BCUT2D eigenvalue weighted by atomic mass is 19.1. The lowest BCUT2D eigenvalue weighted by Gasteiger charge is -2.19. The summed E-state index contributed by atoms with van der Waals surface area (Å²) in [7, 11) is 0. The second kappa shape index (κ2) is 5.38. The molecule has 0 radical (unpaired) electrons. The minimum absolute atomic E-state index is 0.244. The first kappa shape index (κ1) is 12.9. The molecule has 1 aliphatic heterocycles. The highest BCUT2D eigenvalue weighted by Gasteiger charge is 2.17. The maximum Gasteiger partial charge on any atom is 0.306 e. The van der Waals surface area contributed by atoms with Crippen LogP contribution in [-0.2, 0) is 11.2 Å². The number of nitrogens with zero attached hydrogens (tertiary/aromatic N) is 1. The quantitative estimate of drug-likeness (QED) is 0.894. The molecule has 1 aliphatic rings. The van der Waals surface area contributed by atoms with Crippen LogP contribution in [0.1, 0.15) is 25.3 Å². The molecule has 1 saturated heterocycles. The Morgan fingerprint density at radius 2 is 2.11 bits per heavy atom. The van der Waals surface area contributed by atoms with E-state index < -0.39 is 11.9 Å². The van der Waals surface area contributed by atoms with Gasteiger partial charge in [-0.1, -0.05) is 13.0 Å². The number of anilines is 1. The number of halogens is 1. The molecule has 0 amide bonds. The fraction of sp³-hybridized carbons (Fsp3) is 0.500. The van der Waals surface area contributed by atoms with Gasteiger partial charge in [0.05, 0.1) is 11.6 Å². The molecule has 0 bridgehead atoms. The van der Waals surface area contributed by atoms with E-state index in [1.807, 2.05) is 11.0 Å². The first-order valence-corrected chi connectivity index (χ1v) is 6.34. The Bertz CT molecular complexity index is 441. The van der Waals surface area contributed by atoms with Crippen LogP contribution in [0, 0.1) is 11.7 Å². The first-order chi connectivity index (χ1) is 8.58. The summed E-state index contributed by atoms with van der Waals surface area (Å²) in [6.45, 7) is 3.44. The van der Waals surface area contributed by atoms with E-state index in [0.29, 0.717) is 12.1 Å². The van der Waals surface area contributed by atoms with Crippen LogP contribution in [0.5, 0.6) is 0 Å². The molecule has 0 spiro atoms. The van der Waals surface area contributed by atoms with Crippen LogP contribution in [0.3, 0.4) is 0 Å². The van der Waals surface area contributed by atoms with Crippen molar-refractivity contribution in [3.05, 3.63) is 29.6 Å². The minimum atomic E-state index is -0.848. The van der Waals surface area contributed by atoms with E-state index in [4.69, 9.17) is 5.11 Å². The van der Waals surface area contributed by atoms with Crippen molar-refractivity contribution >= 4 is 11.7 Å². The van der Waals surface area contributed by atoms with Gasteiger partial charge in [-0.15, -0.1) is 0 Å². The summed E-state index contributed by atoms with van der Waals surface area (Å²) in [6.07, 6.45) is 2.58. The monoisotopic (exact) mass is 251 g/mol. The number of rotatable bonds is 4. The summed E-state index contributed by atoms with van der Waals surface area (Å²) in [5, 5.41) is 8.84. The van der Waals surface area contributed by atoms with Gasteiger partial charge in [-0.3, -0.25) is 4.79 Å². The summed E-state index contributed by atoms with van der Waals surface area (Å²) in [6, 6.07) is 5.06. The van der Waals surface area contributed by atoms with Gasteiger partial charge >= 0.3 is 5.97 Å². The molecular weight excluding hydrogens is 233 g/mol. The molecule has 18 heavy (non-hydrogen) atoms. The highest BCUT2D eigenvalue weighted by molar-refractivity contribution is 5.70. The average molecular weight is 251 g/mol. The average Bonchev–Trinajstić information content (AvgIpc) is 2.82. The zero-order valence-electron chi connectivity index (χ0n) is 10.5. The lowest BCUT2D eigenvalue weighted by Crippen LogP contribution is -2.19. The van der Waals surface area contributed by atoms with Gasteiger partial charge in [-0.05, 0) is 37.0 Å². The molecule has 1 heterocycles. The standard InChI is InChI=1S/C14H18FNO2/c1-10(14(17)18)8-11-4-5-13(12(15)9-11)16-6-2-3-7-16/h4-5,9-10H,2-3,6-8H2,1H3,(H,17,18). The van der Waals surface area contributed by atoms with Crippen molar-refractivity contribution in [3.63, 3.8) is 0 Å². The molecule has 4 heteroatoms. The molecule has 3 nitrogen and oxygen atoms in total. The van der Waals surface area contributed by atoms with Crippen molar-refractivity contribution in [3.8, 4) is 0 Å². The molecule has 1 N–H and O–H groups in total. The molecule has 1 aromatic carbocycles. The summed E-state index contributed by atoms with van der Waals surface area (Å²) in [5.74, 6) is -1.58. The van der Waals surface area contributed by atoms with E-state index in [-0.39, 0.29) is 5.82 Å². The number of carboxylic acids is 1. The maximum atomic E-state index is 14.0. The van der Waals surface area contributed by atoms with E-state index >= 15 is 0 Å². The van der Waals surface area contributed by atoms with E-state index in [1.54, 1.807) is 13.0 Å². The Morgan fingerprint density at radius 3 is 2.67 bits per heavy atom. The highest BCUT2D eigenvalue weighted by Crippen LogP contribution is 2.25. The van der Waals surface area contributed by atoms with Crippen LogP contribution in [0.4, 0.5) is 10.1 Å². The number of aliphatic carboxylic acids is 1. The van der Waals surface area contributed by atoms with Crippen LogP contribution >= 0.6 is 0 Å². The van der Waals surface area contributed by atoms with Crippen LogP contribution in [-0.4, -0.2) is 24.2 Å². The van der Waals surface area contributed by atoms with Crippen LogP contribution < -0.4 is 4.90 Å². The predicted molar refractivity (Wildman–Crippen MR) is 68.4 cm³/mol. The molecule has 0 aromatic heterocycles. The van der Waals surface area contributed by atoms with E-state index in [9.17, 15) is 9.18 Å². The third-order valence-electron chi connectivity index (χ3n) is 3.42. The Kier molecular flexibility index (Phi) is 3.84. The Morgan fingerprint density at radius 1 is 1.44 bits per heavy atom. The Balaban J connectivity index is 2.11. The fourth-order valence-electron chi connectivity index (χ4n) is 2.33. The van der Waals surface area contributed by atoms with Gasteiger partial charge in [0, 0.05) is 13.1 Å². The van der Waals surface area contributed by atoms with Gasteiger partial charge in [0.1, 0.15) is 5.82 Å². The molecule has 1 aromatic rings. The smallest absolute Gasteiger partial charge is 0.306 e. The Hall–Kier alpha value is -1.58. The molecule has 1 unspecified atom stereocenters. The van der Waals surface area contributed by atoms with Gasteiger partial charge in [-0.25, -0.2) is 4.39 Å². The Labute approximate surface area is 106 Å². The summed E-state index contributed by atoms with van der Waals surface area (Å²) < 4.78 is 14.0. The zero-order chi connectivity index (χ0) is 13.1. The van der Waals surface area contributed by atoms with Crippen LogP contribution in [0.15, 0.2) is 18.2 Å². The molecule has 1 fully saturated rings. The lowest BCUT2D eigenvalue weighted by atomic mass is 10.0. The van der Waals surface area contributed by atoms with Crippen molar-refractivity contribution in [2.45, 2.75) is 26.2 Å². The molecule has 0 saturated carbocycles. The number of benzene rings is 1. The topological polar surface area (TPSA) is 40.5 Å². The minimum Gasteiger partial charge on any atom is -0.481 e. The van der Waals surface area contributed by atoms with Crippen molar-refractivity contribution in [2.75, 3.05) is 18.0 Å². The molecular formula is C14H18FNO2. The maximum absolute atomic E-state index is 14.0. The van der Waals surface area contributed by atoms with Crippen LogP contribution in [0.25, 0.3) is 0 Å². The summed E-state index contributed by atoms with van der Waals surface area (Å²) in [4.78, 5) is 12.8. The van der Waals surface area contributed by atoms with Crippen LogP contribution in [0.2, 0.25) is 0 Å². The molecule has 0 aliphatic carbocycles. The summed E-state index contributed by atoms with van der Waals surface area (Å²) in [5.41, 5.74) is 1.38. The van der Waals surface area contributed by atoms with Gasteiger partial charge in [0.25, 0.3) is 0 Å². The van der Waals surface area contributed by atoms with Gasteiger partial charge in [0.15, 0.2) is 0 Å². The van der Waals surface area contributed by atoms with Crippen molar-refractivity contribution in [1.82, 2.24) is 0 Å². The second-order valence-corrected chi connectivity index (χ2v) is 4.92. The SMILES string of the molecule is CC(Cc1ccc(N2CCCC2)c(F)c1)C(=O)O. The van der Waals surface area contributed by atoms with E-state index in [2.05, 4.69) is 0 Å². The van der Waals surface area contributed by atoms with Crippen molar-refractivity contribution in [2.24, 2.45) is 5.92 Å². The largest absolute Gasteiger partial charge is 0.481 e. The third kappa shape index (κ3) is 2.81. The number of carboxylic acid groups (broad SMARTS) is 1. The van der Waals surface area contributed by atoms with Crippen molar-refractivity contribution in [1.29, 1.82) is 0 Å². The molecule has 2 rings (SSSR count). The zero-order valence-corrected chi connectivity index (χ0v) is 10.5. The third-order valence-corrected chi connectivity index (χ3v) is 3.42. The first-order valence-electron chi connectivity index (χ1n) is 6.34. The summed E-state index contributed by atoms with van der Waals surface area (Å²) >= 11 is 0. The normalized spacial score (nSPS) is 16.9. The van der Waals surface area contributed by atoms with Gasteiger partial charge < -0.3 is 10.0 Å². The predicted octanol–water partition coefficient (Wildman–Crippen LogP) is 2.69. The molecule has 1 atom stereocenters. The lowest BCUT2D eigenvalue weighted by molar-refractivity contribution is -0.141. The number of carbonyl (C=O) groups is 1. The second-order valence-electron chi connectivity index (χ2n) is 4.92. The van der Waals surface area contributed by atoms with E-state index in [1.165, 1.54) is 6.07 Å². The number of hydrogen-bond acceptors (Lipinski definition) is 2. The van der Waals surface area contributed by atoms with Gasteiger partial charge in [-0.2, -0.15) is 0 Å². The van der Waals surface area contributed by atoms with E-state index in [0.717, 1.165) is 31.5 Å². The fourth-order valence-corrected chi connectivity index (χ4v) is 2.33. The van der Waals surface area contributed by atoms with Gasteiger partial charge in [0.2, 0.25) is 0 Å². The van der Waals surface area contributed by atoms with Crippen molar-refractivity contribution < 1.29 is 14.3 Å². The molecule has 98 valence electrons. The number of hydrogen-bond donors (Lipinski definition) is 1.